The fourth-order valence-corrected chi connectivity index (χ4v) is 3.94. The quantitative estimate of drug-likeness (QED) is 0.776. The molecule has 6 nitrogen and oxygen atoms in total. The average Bonchev–Trinajstić information content (AvgIpc) is 3.03. The number of thiazole rings is 1. The first-order valence-corrected chi connectivity index (χ1v) is 8.56. The molecule has 2 aromatic heterocycles. The van der Waals surface area contributed by atoms with E-state index in [9.17, 15) is 9.59 Å². The minimum absolute atomic E-state index is 0.107. The van der Waals surface area contributed by atoms with Crippen LogP contribution in [0.25, 0.3) is 4.96 Å². The maximum Gasteiger partial charge on any atom is 0.258 e. The Morgan fingerprint density at radius 1 is 1.33 bits per heavy atom. The van der Waals surface area contributed by atoms with Crippen LogP contribution in [0.5, 0.6) is 0 Å². The minimum Gasteiger partial charge on any atom is -0.368 e. The second kappa shape index (κ2) is 5.85. The summed E-state index contributed by atoms with van der Waals surface area (Å²) >= 11 is 1.42. The number of rotatable bonds is 3. The van der Waals surface area contributed by atoms with Gasteiger partial charge in [0.1, 0.15) is 0 Å². The minimum atomic E-state index is -0.386. The summed E-state index contributed by atoms with van der Waals surface area (Å²) in [5, 5.41) is 1.83. The van der Waals surface area contributed by atoms with Crippen molar-refractivity contribution < 1.29 is 4.79 Å². The molecular weight excluding hydrogens is 324 g/mol. The molecule has 1 aromatic carbocycles. The van der Waals surface area contributed by atoms with Crippen molar-refractivity contribution in [1.82, 2.24) is 14.3 Å². The molecule has 0 unspecified atom stereocenters. The van der Waals surface area contributed by atoms with Crippen molar-refractivity contribution in [2.75, 3.05) is 0 Å². The van der Waals surface area contributed by atoms with Gasteiger partial charge in [-0.25, -0.2) is 4.98 Å². The Bertz CT molecular complexity index is 978. The standard InChI is InChI=1S/C17H16N4O2S/c18-16(23)14-7-11-3-1-2-4-12(11)9-20(14)10-13-8-15(22)21-5-6-24-17(21)19-13/h1-6,8,14H,7,9-10H2,(H2,18,23)/t14-/m0/s1. The fraction of sp³-hybridized carbons (Fsp3) is 0.235. The van der Waals surface area contributed by atoms with Gasteiger partial charge >= 0.3 is 0 Å². The molecule has 1 aliphatic rings. The second-order valence-corrected chi connectivity index (χ2v) is 6.81. The van der Waals surface area contributed by atoms with Crippen LogP contribution in [0, 0.1) is 0 Å². The van der Waals surface area contributed by atoms with Gasteiger partial charge in [0, 0.05) is 30.7 Å². The lowest BCUT2D eigenvalue weighted by molar-refractivity contribution is -0.124. The van der Waals surface area contributed by atoms with Crippen molar-refractivity contribution in [1.29, 1.82) is 0 Å². The maximum atomic E-state index is 12.1. The molecule has 3 aromatic rings. The van der Waals surface area contributed by atoms with Gasteiger partial charge in [0.25, 0.3) is 5.56 Å². The van der Waals surface area contributed by atoms with E-state index in [1.165, 1.54) is 27.4 Å². The lowest BCUT2D eigenvalue weighted by Crippen LogP contribution is -2.48. The average molecular weight is 340 g/mol. The number of carbonyl (C=O) groups is 1. The van der Waals surface area contributed by atoms with Crippen molar-refractivity contribution in [2.24, 2.45) is 5.73 Å². The molecule has 1 aliphatic heterocycles. The molecule has 0 spiro atoms. The van der Waals surface area contributed by atoms with Gasteiger partial charge in [0.15, 0.2) is 4.96 Å². The molecule has 24 heavy (non-hydrogen) atoms. The SMILES string of the molecule is NC(=O)[C@@H]1Cc2ccccc2CN1Cc1cc(=O)n2ccsc2n1. The van der Waals surface area contributed by atoms with Crippen molar-refractivity contribution in [2.45, 2.75) is 25.6 Å². The summed E-state index contributed by atoms with van der Waals surface area (Å²) in [5.74, 6) is -0.349. The van der Waals surface area contributed by atoms with E-state index in [4.69, 9.17) is 5.73 Å². The first-order valence-electron chi connectivity index (χ1n) is 7.68. The van der Waals surface area contributed by atoms with Gasteiger partial charge in [0.05, 0.1) is 11.7 Å². The van der Waals surface area contributed by atoms with Gasteiger partial charge in [-0.3, -0.25) is 18.9 Å². The van der Waals surface area contributed by atoms with Gasteiger partial charge in [-0.2, -0.15) is 0 Å². The highest BCUT2D eigenvalue weighted by Gasteiger charge is 2.30. The number of fused-ring (bicyclic) bond motifs is 2. The number of hydrogen-bond donors (Lipinski definition) is 1. The predicted molar refractivity (Wildman–Crippen MR) is 91.7 cm³/mol. The third-order valence-electron chi connectivity index (χ3n) is 4.40. The number of primary amides is 1. The molecule has 2 N–H and O–H groups in total. The molecule has 0 fully saturated rings. The van der Waals surface area contributed by atoms with E-state index in [1.54, 1.807) is 6.20 Å². The molecule has 1 atom stereocenters. The van der Waals surface area contributed by atoms with E-state index in [0.29, 0.717) is 30.2 Å². The maximum absolute atomic E-state index is 12.1. The van der Waals surface area contributed by atoms with Crippen LogP contribution in [0.3, 0.4) is 0 Å². The highest BCUT2D eigenvalue weighted by atomic mass is 32.1. The normalized spacial score (nSPS) is 17.8. The number of carbonyl (C=O) groups excluding carboxylic acids is 1. The van der Waals surface area contributed by atoms with Crippen LogP contribution in [0.1, 0.15) is 16.8 Å². The zero-order valence-electron chi connectivity index (χ0n) is 12.9. The first-order chi connectivity index (χ1) is 11.6. The lowest BCUT2D eigenvalue weighted by Gasteiger charge is -2.34. The van der Waals surface area contributed by atoms with E-state index in [0.717, 1.165) is 5.56 Å². The topological polar surface area (TPSA) is 80.7 Å². The molecule has 0 saturated carbocycles. The molecule has 0 radical (unpaired) electrons. The van der Waals surface area contributed by atoms with Crippen molar-refractivity contribution in [3.63, 3.8) is 0 Å². The van der Waals surface area contributed by atoms with Crippen LogP contribution >= 0.6 is 11.3 Å². The Balaban J connectivity index is 1.68. The van der Waals surface area contributed by atoms with Gasteiger partial charge < -0.3 is 5.73 Å². The third kappa shape index (κ3) is 2.61. The fourth-order valence-electron chi connectivity index (χ4n) is 3.20. The van der Waals surface area contributed by atoms with Gasteiger partial charge in [-0.15, -0.1) is 11.3 Å². The predicted octanol–water partition coefficient (Wildman–Crippen LogP) is 1.17. The van der Waals surface area contributed by atoms with Crippen molar-refractivity contribution in [3.05, 3.63) is 69.1 Å². The van der Waals surface area contributed by atoms with Crippen LogP contribution in [0.15, 0.2) is 46.7 Å². The number of nitrogens with zero attached hydrogens (tertiary/aromatic N) is 3. The summed E-state index contributed by atoms with van der Waals surface area (Å²) in [6.07, 6.45) is 2.30. The van der Waals surface area contributed by atoms with Crippen LogP contribution in [0.4, 0.5) is 0 Å². The molecule has 3 heterocycles. The van der Waals surface area contributed by atoms with Crippen LogP contribution in [0.2, 0.25) is 0 Å². The van der Waals surface area contributed by atoms with Gasteiger partial charge in [-0.05, 0) is 17.5 Å². The summed E-state index contributed by atoms with van der Waals surface area (Å²) in [5.41, 5.74) is 8.50. The molecule has 0 aliphatic carbocycles. The van der Waals surface area contributed by atoms with Gasteiger partial charge in [-0.1, -0.05) is 24.3 Å². The summed E-state index contributed by atoms with van der Waals surface area (Å²) in [6, 6.07) is 9.19. The Labute approximate surface area is 142 Å². The Kier molecular flexibility index (Phi) is 3.66. The zero-order chi connectivity index (χ0) is 16.7. The summed E-state index contributed by atoms with van der Waals surface area (Å²) in [6.45, 7) is 1.04. The molecule has 4 rings (SSSR count). The summed E-state index contributed by atoms with van der Waals surface area (Å²) in [7, 11) is 0. The first kappa shape index (κ1) is 15.0. The van der Waals surface area contributed by atoms with E-state index < -0.39 is 0 Å². The number of benzene rings is 1. The number of amides is 1. The number of hydrogen-bond acceptors (Lipinski definition) is 5. The molecular formula is C17H16N4O2S. The summed E-state index contributed by atoms with van der Waals surface area (Å²) in [4.78, 5) is 31.2. The van der Waals surface area contributed by atoms with Crippen LogP contribution < -0.4 is 11.3 Å². The third-order valence-corrected chi connectivity index (χ3v) is 5.15. The number of aromatic nitrogens is 2. The monoisotopic (exact) mass is 340 g/mol. The second-order valence-electron chi connectivity index (χ2n) is 5.94. The van der Waals surface area contributed by atoms with E-state index in [2.05, 4.69) is 11.1 Å². The Morgan fingerprint density at radius 3 is 2.92 bits per heavy atom. The number of nitrogens with two attached hydrogens (primary N) is 1. The van der Waals surface area contributed by atoms with Crippen molar-refractivity contribution >= 4 is 22.2 Å². The van der Waals surface area contributed by atoms with Crippen LogP contribution in [-0.4, -0.2) is 26.2 Å². The molecule has 0 saturated heterocycles. The summed E-state index contributed by atoms with van der Waals surface area (Å²) < 4.78 is 1.52. The highest BCUT2D eigenvalue weighted by molar-refractivity contribution is 7.15. The zero-order valence-corrected chi connectivity index (χ0v) is 13.7. The van der Waals surface area contributed by atoms with E-state index in [1.807, 2.05) is 28.5 Å². The van der Waals surface area contributed by atoms with E-state index >= 15 is 0 Å². The molecule has 122 valence electrons. The largest absolute Gasteiger partial charge is 0.368 e. The highest BCUT2D eigenvalue weighted by Crippen LogP contribution is 2.24. The van der Waals surface area contributed by atoms with E-state index in [-0.39, 0.29) is 17.5 Å². The van der Waals surface area contributed by atoms with Crippen molar-refractivity contribution in [3.8, 4) is 0 Å². The molecule has 7 heteroatoms. The molecule has 0 bridgehead atoms. The van der Waals surface area contributed by atoms with Gasteiger partial charge in [0.2, 0.25) is 5.91 Å². The molecule has 1 amide bonds. The van der Waals surface area contributed by atoms with Crippen LogP contribution in [-0.2, 0) is 24.3 Å². The smallest absolute Gasteiger partial charge is 0.258 e. The Morgan fingerprint density at radius 2 is 2.12 bits per heavy atom. The Hall–Kier alpha value is -2.51. The lowest BCUT2D eigenvalue weighted by atomic mass is 9.93.